The van der Waals surface area contributed by atoms with E-state index in [-0.39, 0.29) is 5.56 Å². The Hall–Kier alpha value is -2.02. The molecule has 0 atom stereocenters. The standard InChI is InChI=1S/C16H24N6O/c1-13-14(2)17-12-21(16(13)23)11-15-3-6-20(7-4-15)9-10-22-8-5-18-19-22/h5,8,12,15H,3-4,6-7,9-11H2,1-2H3. The maximum Gasteiger partial charge on any atom is 0.256 e. The average molecular weight is 316 g/mol. The van der Waals surface area contributed by atoms with Gasteiger partial charge in [0.2, 0.25) is 0 Å². The first-order valence-corrected chi connectivity index (χ1v) is 8.22. The van der Waals surface area contributed by atoms with Crippen molar-refractivity contribution in [1.82, 2.24) is 29.4 Å². The van der Waals surface area contributed by atoms with E-state index in [4.69, 9.17) is 0 Å². The van der Waals surface area contributed by atoms with Crippen molar-refractivity contribution in [2.45, 2.75) is 39.8 Å². The zero-order valence-electron chi connectivity index (χ0n) is 13.9. The fraction of sp³-hybridized carbons (Fsp3) is 0.625. The number of nitrogens with zero attached hydrogens (tertiary/aromatic N) is 6. The Kier molecular flexibility index (Phi) is 4.85. The Morgan fingerprint density at radius 1 is 1.22 bits per heavy atom. The predicted molar refractivity (Wildman–Crippen MR) is 87.2 cm³/mol. The van der Waals surface area contributed by atoms with E-state index in [0.29, 0.717) is 5.92 Å². The van der Waals surface area contributed by atoms with Crippen LogP contribution in [0.15, 0.2) is 23.5 Å². The molecule has 1 aliphatic heterocycles. The largest absolute Gasteiger partial charge is 0.301 e. The summed E-state index contributed by atoms with van der Waals surface area (Å²) < 4.78 is 3.64. The van der Waals surface area contributed by atoms with Crippen molar-refractivity contribution in [3.05, 3.63) is 40.3 Å². The molecule has 0 spiro atoms. The zero-order chi connectivity index (χ0) is 16.2. The Bertz CT molecular complexity index is 685. The van der Waals surface area contributed by atoms with Crippen LogP contribution in [0.4, 0.5) is 0 Å². The van der Waals surface area contributed by atoms with Crippen LogP contribution < -0.4 is 5.56 Å². The highest BCUT2D eigenvalue weighted by Gasteiger charge is 2.20. The second-order valence-electron chi connectivity index (χ2n) is 6.36. The van der Waals surface area contributed by atoms with Crippen molar-refractivity contribution in [3.63, 3.8) is 0 Å². The fourth-order valence-corrected chi connectivity index (χ4v) is 3.07. The van der Waals surface area contributed by atoms with E-state index in [1.54, 1.807) is 17.1 Å². The molecule has 23 heavy (non-hydrogen) atoms. The van der Waals surface area contributed by atoms with E-state index >= 15 is 0 Å². The van der Waals surface area contributed by atoms with Crippen LogP contribution in [-0.2, 0) is 13.1 Å². The molecule has 3 heterocycles. The number of piperidine rings is 1. The minimum atomic E-state index is 0.103. The molecule has 1 fully saturated rings. The molecule has 0 aromatic carbocycles. The van der Waals surface area contributed by atoms with Crippen LogP contribution in [0.25, 0.3) is 0 Å². The molecule has 0 saturated carbocycles. The van der Waals surface area contributed by atoms with E-state index in [1.807, 2.05) is 24.7 Å². The highest BCUT2D eigenvalue weighted by molar-refractivity contribution is 5.12. The summed E-state index contributed by atoms with van der Waals surface area (Å²) in [6.45, 7) is 8.55. The second kappa shape index (κ2) is 7.04. The summed E-state index contributed by atoms with van der Waals surface area (Å²) in [6, 6.07) is 0. The van der Waals surface area contributed by atoms with Gasteiger partial charge in [0.15, 0.2) is 0 Å². The van der Waals surface area contributed by atoms with Crippen molar-refractivity contribution >= 4 is 0 Å². The van der Waals surface area contributed by atoms with Crippen molar-refractivity contribution in [3.8, 4) is 0 Å². The summed E-state index contributed by atoms with van der Waals surface area (Å²) in [5.41, 5.74) is 1.69. The highest BCUT2D eigenvalue weighted by atomic mass is 16.1. The normalized spacial score (nSPS) is 16.8. The molecule has 0 aliphatic carbocycles. The summed E-state index contributed by atoms with van der Waals surface area (Å²) in [5, 5.41) is 7.81. The van der Waals surface area contributed by atoms with E-state index in [2.05, 4.69) is 20.2 Å². The summed E-state index contributed by atoms with van der Waals surface area (Å²) in [5.74, 6) is 0.555. The molecule has 2 aromatic rings. The van der Waals surface area contributed by atoms with Crippen LogP contribution >= 0.6 is 0 Å². The molecule has 7 heteroatoms. The number of aromatic nitrogens is 5. The predicted octanol–water partition coefficient (Wildman–Crippen LogP) is 0.864. The van der Waals surface area contributed by atoms with Gasteiger partial charge in [0, 0.05) is 30.5 Å². The third kappa shape index (κ3) is 3.85. The monoisotopic (exact) mass is 316 g/mol. The summed E-state index contributed by atoms with van der Waals surface area (Å²) in [7, 11) is 0. The number of likely N-dealkylation sites (tertiary alicyclic amines) is 1. The van der Waals surface area contributed by atoms with Gasteiger partial charge < -0.3 is 4.90 Å². The molecule has 3 rings (SSSR count). The van der Waals surface area contributed by atoms with Crippen LogP contribution in [0.3, 0.4) is 0 Å². The van der Waals surface area contributed by atoms with Gasteiger partial charge in [-0.15, -0.1) is 5.10 Å². The molecule has 0 unspecified atom stereocenters. The number of aryl methyl sites for hydroxylation is 1. The van der Waals surface area contributed by atoms with E-state index in [1.165, 1.54) is 0 Å². The van der Waals surface area contributed by atoms with E-state index in [0.717, 1.165) is 56.8 Å². The molecule has 0 radical (unpaired) electrons. The second-order valence-corrected chi connectivity index (χ2v) is 6.36. The molecule has 7 nitrogen and oxygen atoms in total. The first-order chi connectivity index (χ1) is 11.1. The fourth-order valence-electron chi connectivity index (χ4n) is 3.07. The molecule has 0 N–H and O–H groups in total. The Morgan fingerprint density at radius 3 is 2.70 bits per heavy atom. The van der Waals surface area contributed by atoms with Crippen molar-refractivity contribution < 1.29 is 0 Å². The molecule has 1 aliphatic rings. The number of hydrogen-bond acceptors (Lipinski definition) is 5. The van der Waals surface area contributed by atoms with Crippen LogP contribution in [0.5, 0.6) is 0 Å². The molecule has 124 valence electrons. The van der Waals surface area contributed by atoms with Crippen molar-refractivity contribution in [1.29, 1.82) is 0 Å². The quantitative estimate of drug-likeness (QED) is 0.818. The third-order valence-corrected chi connectivity index (χ3v) is 4.79. The minimum absolute atomic E-state index is 0.103. The van der Waals surface area contributed by atoms with E-state index < -0.39 is 0 Å². The van der Waals surface area contributed by atoms with Gasteiger partial charge in [-0.25, -0.2) is 4.98 Å². The topological polar surface area (TPSA) is 68.8 Å². The first kappa shape index (κ1) is 15.9. The lowest BCUT2D eigenvalue weighted by Crippen LogP contribution is -2.38. The molecule has 2 aromatic heterocycles. The van der Waals surface area contributed by atoms with Crippen LogP contribution in [-0.4, -0.2) is 49.1 Å². The molecule has 0 bridgehead atoms. The zero-order valence-corrected chi connectivity index (χ0v) is 13.9. The summed E-state index contributed by atoms with van der Waals surface area (Å²) >= 11 is 0. The van der Waals surface area contributed by atoms with Gasteiger partial charge in [-0.2, -0.15) is 0 Å². The lowest BCUT2D eigenvalue weighted by Gasteiger charge is -2.32. The maximum absolute atomic E-state index is 12.3. The van der Waals surface area contributed by atoms with Crippen LogP contribution in [0, 0.1) is 19.8 Å². The maximum atomic E-state index is 12.3. The Balaban J connectivity index is 1.49. The molecule has 1 saturated heterocycles. The van der Waals surface area contributed by atoms with Crippen molar-refractivity contribution in [2.24, 2.45) is 5.92 Å². The Morgan fingerprint density at radius 2 is 2.00 bits per heavy atom. The van der Waals surface area contributed by atoms with Gasteiger partial charge in [0.1, 0.15) is 0 Å². The number of hydrogen-bond donors (Lipinski definition) is 0. The smallest absolute Gasteiger partial charge is 0.256 e. The SMILES string of the molecule is Cc1ncn(CC2CCN(CCn3ccnn3)CC2)c(=O)c1C. The molecular weight excluding hydrogens is 292 g/mol. The third-order valence-electron chi connectivity index (χ3n) is 4.79. The highest BCUT2D eigenvalue weighted by Crippen LogP contribution is 2.18. The van der Waals surface area contributed by atoms with Gasteiger partial charge in [-0.3, -0.25) is 14.0 Å². The van der Waals surface area contributed by atoms with Gasteiger partial charge >= 0.3 is 0 Å². The van der Waals surface area contributed by atoms with E-state index in [9.17, 15) is 4.79 Å². The van der Waals surface area contributed by atoms with Gasteiger partial charge in [0.05, 0.1) is 19.1 Å². The minimum Gasteiger partial charge on any atom is -0.301 e. The molecular formula is C16H24N6O. The van der Waals surface area contributed by atoms with Gasteiger partial charge in [0.25, 0.3) is 5.56 Å². The molecule has 0 amide bonds. The van der Waals surface area contributed by atoms with Gasteiger partial charge in [-0.05, 0) is 45.7 Å². The lowest BCUT2D eigenvalue weighted by molar-refractivity contribution is 0.166. The summed E-state index contributed by atoms with van der Waals surface area (Å²) in [6.07, 6.45) is 7.54. The van der Waals surface area contributed by atoms with Crippen molar-refractivity contribution in [2.75, 3.05) is 19.6 Å². The van der Waals surface area contributed by atoms with Gasteiger partial charge in [-0.1, -0.05) is 5.21 Å². The first-order valence-electron chi connectivity index (χ1n) is 8.22. The average Bonchev–Trinajstić information content (AvgIpc) is 3.08. The Labute approximate surface area is 135 Å². The van der Waals surface area contributed by atoms with Crippen LogP contribution in [0.1, 0.15) is 24.1 Å². The summed E-state index contributed by atoms with van der Waals surface area (Å²) in [4.78, 5) is 19.0. The lowest BCUT2D eigenvalue weighted by atomic mass is 9.96. The van der Waals surface area contributed by atoms with Crippen LogP contribution in [0.2, 0.25) is 0 Å². The number of rotatable bonds is 5.